The Morgan fingerprint density at radius 3 is 3.00 bits per heavy atom. The Balaban J connectivity index is 1.98. The number of hydrogen-bond donors (Lipinski definition) is 2. The summed E-state index contributed by atoms with van der Waals surface area (Å²) < 4.78 is 1.52. The Bertz CT molecular complexity index is 595. The summed E-state index contributed by atoms with van der Waals surface area (Å²) in [5.41, 5.74) is 0. The third kappa shape index (κ3) is 3.44. The lowest BCUT2D eigenvalue weighted by atomic mass is 10.4. The topological polar surface area (TPSA) is 101 Å². The molecule has 8 nitrogen and oxygen atoms in total. The van der Waals surface area contributed by atoms with Crippen molar-refractivity contribution >= 4 is 29.5 Å². The molecule has 20 heavy (non-hydrogen) atoms. The van der Waals surface area contributed by atoms with Gasteiger partial charge in [-0.2, -0.15) is 4.98 Å². The largest absolute Gasteiger partial charge is 0.338 e. The molecule has 2 heterocycles. The summed E-state index contributed by atoms with van der Waals surface area (Å²) in [5.74, 6) is 0.0686. The first-order valence-electron chi connectivity index (χ1n) is 6.03. The lowest BCUT2D eigenvalue weighted by Gasteiger charge is -2.09. The summed E-state index contributed by atoms with van der Waals surface area (Å²) in [6, 6.07) is 1.23. The molecule has 0 unspecified atom stereocenters. The van der Waals surface area contributed by atoms with Crippen molar-refractivity contribution in [3.05, 3.63) is 18.5 Å². The van der Waals surface area contributed by atoms with Crippen LogP contribution in [0.3, 0.4) is 0 Å². The zero-order valence-corrected chi connectivity index (χ0v) is 11.8. The van der Waals surface area contributed by atoms with Gasteiger partial charge in [-0.1, -0.05) is 11.8 Å². The number of imide groups is 1. The molecule has 0 radical (unpaired) electrons. The van der Waals surface area contributed by atoms with Crippen molar-refractivity contribution in [2.45, 2.75) is 24.3 Å². The third-order valence-corrected chi connectivity index (χ3v) is 3.27. The molecule has 0 bridgehead atoms. The molecule has 0 aliphatic rings. The van der Waals surface area contributed by atoms with Gasteiger partial charge in [0.2, 0.25) is 11.1 Å². The molecule has 2 aromatic heterocycles. The second kappa shape index (κ2) is 6.33. The van der Waals surface area contributed by atoms with Gasteiger partial charge in [0.25, 0.3) is 5.78 Å². The van der Waals surface area contributed by atoms with E-state index in [1.54, 1.807) is 32.3 Å². The number of aromatic nitrogens is 4. The van der Waals surface area contributed by atoms with Gasteiger partial charge in [-0.15, -0.1) is 5.10 Å². The lowest BCUT2D eigenvalue weighted by Crippen LogP contribution is -2.42. The predicted molar refractivity (Wildman–Crippen MR) is 73.3 cm³/mol. The molecule has 0 aromatic carbocycles. The summed E-state index contributed by atoms with van der Waals surface area (Å²) in [6.07, 6.45) is 3.34. The maximum absolute atomic E-state index is 11.8. The van der Waals surface area contributed by atoms with Gasteiger partial charge in [0.05, 0.1) is 5.25 Å². The number of amides is 3. The molecule has 0 fully saturated rings. The molecule has 0 spiro atoms. The fourth-order valence-electron chi connectivity index (χ4n) is 1.39. The van der Waals surface area contributed by atoms with E-state index in [1.165, 1.54) is 4.52 Å². The van der Waals surface area contributed by atoms with Crippen LogP contribution >= 0.6 is 11.8 Å². The number of carbonyl (C=O) groups is 2. The number of rotatable bonds is 4. The maximum Gasteiger partial charge on any atom is 0.321 e. The maximum atomic E-state index is 11.8. The van der Waals surface area contributed by atoms with Crippen LogP contribution in [0.5, 0.6) is 0 Å². The Kier molecular flexibility index (Phi) is 4.51. The number of fused-ring (bicyclic) bond motifs is 1. The predicted octanol–water partition coefficient (Wildman–Crippen LogP) is 0.451. The zero-order valence-electron chi connectivity index (χ0n) is 11.0. The smallest absolute Gasteiger partial charge is 0.321 e. The average Bonchev–Trinajstić information content (AvgIpc) is 2.80. The zero-order chi connectivity index (χ0) is 14.5. The number of nitrogens with zero attached hydrogens (tertiary/aromatic N) is 4. The van der Waals surface area contributed by atoms with Gasteiger partial charge in [-0.05, 0) is 19.9 Å². The molecule has 0 aliphatic carbocycles. The summed E-state index contributed by atoms with van der Waals surface area (Å²) in [4.78, 5) is 31.2. The average molecular weight is 294 g/mol. The summed E-state index contributed by atoms with van der Waals surface area (Å²) in [5, 5.41) is 8.86. The van der Waals surface area contributed by atoms with Crippen LogP contribution in [0.4, 0.5) is 4.79 Å². The van der Waals surface area contributed by atoms with Gasteiger partial charge >= 0.3 is 6.03 Å². The Morgan fingerprint density at radius 1 is 1.50 bits per heavy atom. The van der Waals surface area contributed by atoms with E-state index in [-0.39, 0.29) is 0 Å². The van der Waals surface area contributed by atoms with Crippen LogP contribution in [0.1, 0.15) is 13.8 Å². The quantitative estimate of drug-likeness (QED) is 0.794. The standard InChI is InChI=1S/C11H14N6O2S/c1-3-12-10(19)14-8(18)7(2)20-11-15-9-13-5-4-6-17(9)16-11/h4-7H,3H2,1-2H3,(H2,12,14,18,19)/t7-/m0/s1. The van der Waals surface area contributed by atoms with Crippen molar-refractivity contribution in [1.29, 1.82) is 0 Å². The minimum Gasteiger partial charge on any atom is -0.338 e. The van der Waals surface area contributed by atoms with E-state index < -0.39 is 17.2 Å². The molecule has 0 aliphatic heterocycles. The lowest BCUT2D eigenvalue weighted by molar-refractivity contribution is -0.119. The minimum atomic E-state index is -0.505. The Morgan fingerprint density at radius 2 is 2.30 bits per heavy atom. The van der Waals surface area contributed by atoms with Crippen molar-refractivity contribution in [2.75, 3.05) is 6.54 Å². The molecule has 106 valence electrons. The molecular weight excluding hydrogens is 280 g/mol. The second-order valence-corrected chi connectivity index (χ2v) is 5.18. The van der Waals surface area contributed by atoms with E-state index in [0.29, 0.717) is 17.5 Å². The molecule has 3 amide bonds. The van der Waals surface area contributed by atoms with Gasteiger partial charge in [0, 0.05) is 18.9 Å². The first-order chi connectivity index (χ1) is 9.60. The highest BCUT2D eigenvalue weighted by atomic mass is 32.2. The highest BCUT2D eigenvalue weighted by Gasteiger charge is 2.19. The SMILES string of the molecule is CCNC(=O)NC(=O)[C@H](C)Sc1nc2ncccn2n1. The number of hydrogen-bond acceptors (Lipinski definition) is 6. The highest BCUT2D eigenvalue weighted by molar-refractivity contribution is 8.00. The number of thioether (sulfide) groups is 1. The molecule has 0 saturated carbocycles. The van der Waals surface area contributed by atoms with Crippen LogP contribution < -0.4 is 10.6 Å². The van der Waals surface area contributed by atoms with Crippen LogP contribution in [0.2, 0.25) is 0 Å². The van der Waals surface area contributed by atoms with Gasteiger partial charge in [0.15, 0.2) is 0 Å². The molecule has 2 aromatic rings. The van der Waals surface area contributed by atoms with Crippen molar-refractivity contribution < 1.29 is 9.59 Å². The van der Waals surface area contributed by atoms with Crippen LogP contribution in [-0.4, -0.2) is 43.3 Å². The summed E-state index contributed by atoms with van der Waals surface area (Å²) in [7, 11) is 0. The van der Waals surface area contributed by atoms with Crippen LogP contribution in [0, 0.1) is 0 Å². The van der Waals surface area contributed by atoms with E-state index in [1.807, 2.05) is 0 Å². The van der Waals surface area contributed by atoms with Gasteiger partial charge in [-0.25, -0.2) is 14.3 Å². The Hall–Kier alpha value is -2.16. The molecule has 2 rings (SSSR count). The number of nitrogens with one attached hydrogen (secondary N) is 2. The van der Waals surface area contributed by atoms with E-state index in [9.17, 15) is 9.59 Å². The Labute approximate surface area is 119 Å². The van der Waals surface area contributed by atoms with Crippen LogP contribution in [-0.2, 0) is 4.79 Å². The third-order valence-electron chi connectivity index (χ3n) is 2.32. The number of carbonyl (C=O) groups excluding carboxylic acids is 2. The van der Waals surface area contributed by atoms with E-state index in [0.717, 1.165) is 11.8 Å². The first-order valence-corrected chi connectivity index (χ1v) is 6.91. The van der Waals surface area contributed by atoms with E-state index in [2.05, 4.69) is 25.7 Å². The fraction of sp³-hybridized carbons (Fsp3) is 0.364. The molecular formula is C11H14N6O2S. The molecule has 9 heteroatoms. The summed E-state index contributed by atoms with van der Waals surface area (Å²) >= 11 is 1.16. The molecule has 2 N–H and O–H groups in total. The van der Waals surface area contributed by atoms with Gasteiger partial charge < -0.3 is 5.32 Å². The van der Waals surface area contributed by atoms with E-state index in [4.69, 9.17) is 0 Å². The first kappa shape index (κ1) is 14.3. The minimum absolute atomic E-state index is 0.396. The molecule has 0 saturated heterocycles. The second-order valence-electron chi connectivity index (χ2n) is 3.87. The highest BCUT2D eigenvalue weighted by Crippen LogP contribution is 2.19. The molecule has 1 atom stereocenters. The van der Waals surface area contributed by atoms with Crippen LogP contribution in [0.15, 0.2) is 23.6 Å². The van der Waals surface area contributed by atoms with Crippen LogP contribution in [0.25, 0.3) is 5.78 Å². The summed E-state index contributed by atoms with van der Waals surface area (Å²) in [6.45, 7) is 3.91. The van der Waals surface area contributed by atoms with Crippen molar-refractivity contribution in [1.82, 2.24) is 30.2 Å². The van der Waals surface area contributed by atoms with Crippen molar-refractivity contribution in [3.8, 4) is 0 Å². The fourth-order valence-corrected chi connectivity index (χ4v) is 2.15. The van der Waals surface area contributed by atoms with E-state index >= 15 is 0 Å². The monoisotopic (exact) mass is 294 g/mol. The number of urea groups is 1. The van der Waals surface area contributed by atoms with Crippen molar-refractivity contribution in [2.24, 2.45) is 0 Å². The van der Waals surface area contributed by atoms with Gasteiger partial charge in [-0.3, -0.25) is 10.1 Å². The van der Waals surface area contributed by atoms with Crippen molar-refractivity contribution in [3.63, 3.8) is 0 Å². The van der Waals surface area contributed by atoms with Gasteiger partial charge in [0.1, 0.15) is 0 Å². The normalized spacial score (nSPS) is 12.1.